The van der Waals surface area contributed by atoms with Crippen LogP contribution in [-0.2, 0) is 22.9 Å². The van der Waals surface area contributed by atoms with Crippen molar-refractivity contribution in [2.45, 2.75) is 31.8 Å². The van der Waals surface area contributed by atoms with Crippen LogP contribution in [-0.4, -0.2) is 24.5 Å². The molecule has 0 amide bonds. The fourth-order valence-electron chi connectivity index (χ4n) is 1.89. The molecule has 0 radical (unpaired) electrons. The second-order valence-electron chi connectivity index (χ2n) is 4.81. The molecule has 0 aliphatic carbocycles. The van der Waals surface area contributed by atoms with Gasteiger partial charge in [-0.25, -0.2) is 8.42 Å². The second-order valence-corrected chi connectivity index (χ2v) is 6.82. The maximum Gasteiger partial charge on any atom is 0.175 e. The third kappa shape index (κ3) is 3.39. The monoisotopic (exact) mass is 293 g/mol. The lowest BCUT2D eigenvalue weighted by atomic mass is 10.2. The van der Waals surface area contributed by atoms with E-state index in [-0.39, 0.29) is 0 Å². The van der Waals surface area contributed by atoms with Crippen molar-refractivity contribution in [1.29, 1.82) is 0 Å². The first-order chi connectivity index (χ1) is 9.40. The van der Waals surface area contributed by atoms with Crippen molar-refractivity contribution in [3.63, 3.8) is 0 Å². The molecule has 1 aromatic heterocycles. The van der Waals surface area contributed by atoms with E-state index in [4.69, 9.17) is 0 Å². The molecule has 2 aromatic rings. The Morgan fingerprint density at radius 3 is 2.70 bits per heavy atom. The van der Waals surface area contributed by atoms with Crippen LogP contribution in [0.4, 0.5) is 5.69 Å². The number of anilines is 1. The zero-order valence-corrected chi connectivity index (χ0v) is 12.7. The normalized spacial score (nSPS) is 11.6. The summed E-state index contributed by atoms with van der Waals surface area (Å²) in [6.07, 6.45) is 5.00. The molecule has 0 aliphatic rings. The highest BCUT2D eigenvalue weighted by Gasteiger charge is 2.09. The molecule has 0 atom stereocenters. The highest BCUT2D eigenvalue weighted by molar-refractivity contribution is 7.90. The Kier molecular flexibility index (Phi) is 4.13. The van der Waals surface area contributed by atoms with Gasteiger partial charge in [0, 0.05) is 36.8 Å². The summed E-state index contributed by atoms with van der Waals surface area (Å²) in [5, 5.41) is 7.47. The quantitative estimate of drug-likeness (QED) is 0.918. The molecule has 108 valence electrons. The third-order valence-electron chi connectivity index (χ3n) is 3.13. The third-order valence-corrected chi connectivity index (χ3v) is 4.24. The summed E-state index contributed by atoms with van der Waals surface area (Å²) in [6.45, 7) is 5.43. The van der Waals surface area contributed by atoms with Crippen LogP contribution in [0.3, 0.4) is 0 Å². The molecule has 0 bridgehead atoms. The second kappa shape index (κ2) is 5.66. The number of aryl methyl sites for hydroxylation is 2. The number of hydrogen-bond acceptors (Lipinski definition) is 4. The number of hydrogen-bond donors (Lipinski definition) is 1. The van der Waals surface area contributed by atoms with E-state index in [0.717, 1.165) is 23.4 Å². The van der Waals surface area contributed by atoms with Crippen molar-refractivity contribution < 1.29 is 8.42 Å². The summed E-state index contributed by atoms with van der Waals surface area (Å²) in [5.41, 5.74) is 2.91. The summed E-state index contributed by atoms with van der Waals surface area (Å²) in [6, 6.07) is 5.12. The number of nitrogens with one attached hydrogen (secondary N) is 1. The molecule has 0 saturated heterocycles. The van der Waals surface area contributed by atoms with Crippen molar-refractivity contribution in [2.24, 2.45) is 0 Å². The van der Waals surface area contributed by atoms with Gasteiger partial charge in [0.2, 0.25) is 0 Å². The van der Waals surface area contributed by atoms with E-state index < -0.39 is 9.84 Å². The average molecular weight is 293 g/mol. The van der Waals surface area contributed by atoms with Crippen molar-refractivity contribution >= 4 is 15.5 Å². The van der Waals surface area contributed by atoms with Crippen LogP contribution >= 0.6 is 0 Å². The van der Waals surface area contributed by atoms with Gasteiger partial charge >= 0.3 is 0 Å². The van der Waals surface area contributed by atoms with Crippen LogP contribution in [0.5, 0.6) is 0 Å². The molecule has 20 heavy (non-hydrogen) atoms. The predicted octanol–water partition coefficient (Wildman–Crippen LogP) is 2.23. The van der Waals surface area contributed by atoms with Crippen molar-refractivity contribution in [3.8, 4) is 0 Å². The van der Waals surface area contributed by atoms with Gasteiger partial charge in [-0.2, -0.15) is 5.10 Å². The van der Waals surface area contributed by atoms with Crippen LogP contribution in [0.2, 0.25) is 0 Å². The van der Waals surface area contributed by atoms with E-state index in [9.17, 15) is 8.42 Å². The number of nitrogens with zero attached hydrogens (tertiary/aromatic N) is 2. The largest absolute Gasteiger partial charge is 0.381 e. The number of rotatable bonds is 5. The van der Waals surface area contributed by atoms with E-state index in [2.05, 4.69) is 10.4 Å². The molecule has 0 aliphatic heterocycles. The van der Waals surface area contributed by atoms with Crippen molar-refractivity contribution in [3.05, 3.63) is 41.7 Å². The lowest BCUT2D eigenvalue weighted by Crippen LogP contribution is -2.03. The zero-order chi connectivity index (χ0) is 14.8. The van der Waals surface area contributed by atoms with Gasteiger partial charge in [0.1, 0.15) is 0 Å². The molecule has 0 unspecified atom stereocenters. The SMILES string of the molecule is CCn1cc(CNc2cc(S(C)(=O)=O)ccc2C)cn1. The Labute approximate surface area is 119 Å². The predicted molar refractivity (Wildman–Crippen MR) is 79.5 cm³/mol. The maximum absolute atomic E-state index is 11.6. The van der Waals surface area contributed by atoms with E-state index >= 15 is 0 Å². The smallest absolute Gasteiger partial charge is 0.175 e. The van der Waals surface area contributed by atoms with Crippen LogP contribution in [0.25, 0.3) is 0 Å². The van der Waals surface area contributed by atoms with Gasteiger partial charge in [0.15, 0.2) is 9.84 Å². The summed E-state index contributed by atoms with van der Waals surface area (Å²) < 4.78 is 25.0. The Morgan fingerprint density at radius 1 is 1.35 bits per heavy atom. The molecule has 2 rings (SSSR count). The van der Waals surface area contributed by atoms with Crippen LogP contribution < -0.4 is 5.32 Å². The van der Waals surface area contributed by atoms with Gasteiger partial charge in [0.25, 0.3) is 0 Å². The van der Waals surface area contributed by atoms with Gasteiger partial charge in [-0.3, -0.25) is 4.68 Å². The number of aromatic nitrogens is 2. The molecular formula is C14H19N3O2S. The van der Waals surface area contributed by atoms with Gasteiger partial charge in [-0.15, -0.1) is 0 Å². The first-order valence-corrected chi connectivity index (χ1v) is 8.35. The molecule has 1 N–H and O–H groups in total. The number of benzene rings is 1. The molecule has 0 fully saturated rings. The van der Waals surface area contributed by atoms with Crippen molar-refractivity contribution in [2.75, 3.05) is 11.6 Å². The molecule has 5 nitrogen and oxygen atoms in total. The first kappa shape index (κ1) is 14.6. The lowest BCUT2D eigenvalue weighted by Gasteiger charge is -2.10. The van der Waals surface area contributed by atoms with Crippen LogP contribution in [0.15, 0.2) is 35.5 Å². The minimum absolute atomic E-state index is 0.329. The summed E-state index contributed by atoms with van der Waals surface area (Å²) in [4.78, 5) is 0.329. The molecule has 1 heterocycles. The lowest BCUT2D eigenvalue weighted by molar-refractivity contribution is 0.602. The van der Waals surface area contributed by atoms with Gasteiger partial charge in [-0.05, 0) is 31.5 Å². The van der Waals surface area contributed by atoms with Crippen molar-refractivity contribution in [1.82, 2.24) is 9.78 Å². The Morgan fingerprint density at radius 2 is 2.10 bits per heavy atom. The summed E-state index contributed by atoms with van der Waals surface area (Å²) in [5.74, 6) is 0. The zero-order valence-electron chi connectivity index (χ0n) is 11.9. The maximum atomic E-state index is 11.6. The van der Waals surface area contributed by atoms with E-state index in [0.29, 0.717) is 11.4 Å². The minimum Gasteiger partial charge on any atom is -0.381 e. The fraction of sp³-hybridized carbons (Fsp3) is 0.357. The highest BCUT2D eigenvalue weighted by atomic mass is 32.2. The van der Waals surface area contributed by atoms with Gasteiger partial charge < -0.3 is 5.32 Å². The van der Waals surface area contributed by atoms with Crippen LogP contribution in [0, 0.1) is 6.92 Å². The van der Waals surface area contributed by atoms with Crippen LogP contribution in [0.1, 0.15) is 18.1 Å². The molecule has 1 aromatic carbocycles. The standard InChI is InChI=1S/C14H19N3O2S/c1-4-17-10-12(9-16-17)8-15-14-7-13(20(3,18)19)6-5-11(14)2/h5-7,9-10,15H,4,8H2,1-3H3. The first-order valence-electron chi connectivity index (χ1n) is 6.46. The molecular weight excluding hydrogens is 274 g/mol. The minimum atomic E-state index is -3.18. The molecule has 6 heteroatoms. The van der Waals surface area contributed by atoms with Gasteiger partial charge in [0.05, 0.1) is 11.1 Å². The average Bonchev–Trinajstić information content (AvgIpc) is 2.84. The van der Waals surface area contributed by atoms with E-state index in [1.165, 1.54) is 6.26 Å². The molecule has 0 saturated carbocycles. The Balaban J connectivity index is 2.16. The summed E-state index contributed by atoms with van der Waals surface area (Å²) in [7, 11) is -3.18. The fourth-order valence-corrected chi connectivity index (χ4v) is 2.54. The number of sulfone groups is 1. The summed E-state index contributed by atoms with van der Waals surface area (Å²) >= 11 is 0. The van der Waals surface area contributed by atoms with Gasteiger partial charge in [-0.1, -0.05) is 6.07 Å². The van der Waals surface area contributed by atoms with E-state index in [1.54, 1.807) is 12.1 Å². The Hall–Kier alpha value is -1.82. The highest BCUT2D eigenvalue weighted by Crippen LogP contribution is 2.20. The molecule has 0 spiro atoms. The Bertz CT molecular complexity index is 705. The van der Waals surface area contributed by atoms with E-state index in [1.807, 2.05) is 37.0 Å². The topological polar surface area (TPSA) is 64.0 Å².